The summed E-state index contributed by atoms with van der Waals surface area (Å²) in [6, 6.07) is 15.6. The third kappa shape index (κ3) is 4.29. The van der Waals surface area contributed by atoms with Crippen LogP contribution in [0.3, 0.4) is 0 Å². The van der Waals surface area contributed by atoms with E-state index < -0.39 is 6.04 Å². The van der Waals surface area contributed by atoms with Gasteiger partial charge in [0.1, 0.15) is 0 Å². The molecule has 32 heavy (non-hydrogen) atoms. The number of aromatic nitrogens is 2. The zero-order valence-electron chi connectivity index (χ0n) is 18.9. The molecule has 4 rings (SSSR count). The van der Waals surface area contributed by atoms with Crippen molar-refractivity contribution in [3.8, 4) is 11.4 Å². The number of allylic oxidation sites excluding steroid dienone is 1. The molecule has 0 bridgehead atoms. The Labute approximate surface area is 188 Å². The maximum atomic E-state index is 12.9. The normalized spacial score (nSPS) is 16.4. The topological polar surface area (TPSA) is 80.5 Å². The van der Waals surface area contributed by atoms with Crippen molar-refractivity contribution in [3.05, 3.63) is 76.8 Å². The van der Waals surface area contributed by atoms with Gasteiger partial charge in [0.15, 0.2) is 0 Å². The van der Waals surface area contributed by atoms with E-state index in [0.717, 1.165) is 34.4 Å². The highest BCUT2D eigenvalue weighted by molar-refractivity contribution is 5.86. The standard InChI is InChI=1S/C25H28N4O3/c1-5-18-9-11-19(12-10-18)22-21(17(3)29(13-14-31-4)25(30)26-22)24-27-23(28-32-24)20-8-6-7-16(2)15-20/h6-12,15,22H,5,13-14H2,1-4H3,(H,26,30). The summed E-state index contributed by atoms with van der Waals surface area (Å²) < 4.78 is 10.9. The molecule has 2 heterocycles. The molecule has 7 nitrogen and oxygen atoms in total. The summed E-state index contributed by atoms with van der Waals surface area (Å²) in [7, 11) is 1.62. The highest BCUT2D eigenvalue weighted by atomic mass is 16.5. The molecule has 1 aliphatic rings. The molecule has 0 spiro atoms. The fraction of sp³-hybridized carbons (Fsp3) is 0.320. The van der Waals surface area contributed by atoms with Gasteiger partial charge in [0.2, 0.25) is 5.82 Å². The van der Waals surface area contributed by atoms with E-state index in [-0.39, 0.29) is 6.03 Å². The van der Waals surface area contributed by atoms with E-state index in [0.29, 0.717) is 24.9 Å². The van der Waals surface area contributed by atoms with Crippen LogP contribution in [0.1, 0.15) is 42.5 Å². The Morgan fingerprint density at radius 3 is 2.62 bits per heavy atom. The van der Waals surface area contributed by atoms with Crippen LogP contribution in [0.15, 0.2) is 58.8 Å². The van der Waals surface area contributed by atoms with Gasteiger partial charge >= 0.3 is 6.03 Å². The van der Waals surface area contributed by atoms with Crippen LogP contribution in [0.4, 0.5) is 4.79 Å². The van der Waals surface area contributed by atoms with Gasteiger partial charge in [-0.25, -0.2) is 4.79 Å². The second kappa shape index (κ2) is 9.36. The van der Waals surface area contributed by atoms with Gasteiger partial charge in [-0.3, -0.25) is 4.90 Å². The minimum absolute atomic E-state index is 0.175. The van der Waals surface area contributed by atoms with Gasteiger partial charge < -0.3 is 14.6 Å². The fourth-order valence-corrected chi connectivity index (χ4v) is 3.94. The number of amides is 2. The molecule has 166 valence electrons. The Kier molecular flexibility index (Phi) is 6.37. The van der Waals surface area contributed by atoms with Crippen LogP contribution in [-0.4, -0.2) is 41.3 Å². The Morgan fingerprint density at radius 1 is 1.16 bits per heavy atom. The minimum atomic E-state index is -0.391. The molecular weight excluding hydrogens is 404 g/mol. The van der Waals surface area contributed by atoms with Crippen LogP contribution in [0.2, 0.25) is 0 Å². The van der Waals surface area contributed by atoms with Crippen molar-refractivity contribution in [1.82, 2.24) is 20.4 Å². The monoisotopic (exact) mass is 432 g/mol. The number of benzene rings is 2. The SMILES string of the molecule is CCc1ccc(C2NC(=O)N(CCOC)C(C)=C2c2nc(-c3cccc(C)c3)no2)cc1. The number of carbonyl (C=O) groups is 1. The summed E-state index contributed by atoms with van der Waals surface area (Å²) in [5, 5.41) is 7.33. The zero-order valence-corrected chi connectivity index (χ0v) is 18.9. The second-order valence-corrected chi connectivity index (χ2v) is 7.91. The molecule has 0 radical (unpaired) electrons. The van der Waals surface area contributed by atoms with E-state index >= 15 is 0 Å². The van der Waals surface area contributed by atoms with E-state index in [4.69, 9.17) is 14.2 Å². The second-order valence-electron chi connectivity index (χ2n) is 7.91. The van der Waals surface area contributed by atoms with Crippen molar-refractivity contribution in [2.24, 2.45) is 0 Å². The van der Waals surface area contributed by atoms with Crippen LogP contribution in [0.25, 0.3) is 17.0 Å². The molecule has 7 heteroatoms. The number of urea groups is 1. The lowest BCUT2D eigenvalue weighted by atomic mass is 9.93. The van der Waals surface area contributed by atoms with Gasteiger partial charge in [0.05, 0.1) is 24.8 Å². The predicted molar refractivity (Wildman–Crippen MR) is 123 cm³/mol. The van der Waals surface area contributed by atoms with Crippen molar-refractivity contribution < 1.29 is 14.1 Å². The Morgan fingerprint density at radius 2 is 1.94 bits per heavy atom. The summed E-state index contributed by atoms with van der Waals surface area (Å²) in [5.74, 6) is 0.912. The van der Waals surface area contributed by atoms with Crippen LogP contribution in [-0.2, 0) is 11.2 Å². The van der Waals surface area contributed by atoms with Crippen LogP contribution < -0.4 is 5.32 Å². The molecular formula is C25H28N4O3. The van der Waals surface area contributed by atoms with Crippen LogP contribution >= 0.6 is 0 Å². The van der Waals surface area contributed by atoms with Gasteiger partial charge in [-0.1, -0.05) is 60.1 Å². The van der Waals surface area contributed by atoms with Crippen molar-refractivity contribution in [1.29, 1.82) is 0 Å². The van der Waals surface area contributed by atoms with Crippen molar-refractivity contribution in [2.45, 2.75) is 33.2 Å². The van der Waals surface area contributed by atoms with E-state index in [1.807, 2.05) is 50.2 Å². The number of nitrogens with one attached hydrogen (secondary N) is 1. The molecule has 1 unspecified atom stereocenters. The lowest BCUT2D eigenvalue weighted by Crippen LogP contribution is -2.47. The quantitative estimate of drug-likeness (QED) is 0.583. The van der Waals surface area contributed by atoms with Gasteiger partial charge in [-0.2, -0.15) is 4.98 Å². The average Bonchev–Trinajstić information content (AvgIpc) is 3.28. The zero-order chi connectivity index (χ0) is 22.7. The highest BCUT2D eigenvalue weighted by Gasteiger charge is 2.35. The first kappa shape index (κ1) is 21.8. The summed E-state index contributed by atoms with van der Waals surface area (Å²) >= 11 is 0. The first-order valence-corrected chi connectivity index (χ1v) is 10.8. The largest absolute Gasteiger partial charge is 0.383 e. The maximum Gasteiger partial charge on any atom is 0.322 e. The summed E-state index contributed by atoms with van der Waals surface area (Å²) in [6.07, 6.45) is 0.952. The molecule has 3 aromatic rings. The molecule has 0 fully saturated rings. The third-order valence-electron chi connectivity index (χ3n) is 5.77. The van der Waals surface area contributed by atoms with Crippen LogP contribution in [0, 0.1) is 6.92 Å². The molecule has 2 amide bonds. The Bertz CT molecular complexity index is 1130. The molecule has 1 aromatic heterocycles. The number of carbonyl (C=O) groups excluding carboxylic acids is 1. The van der Waals surface area contributed by atoms with Gasteiger partial charge in [0.25, 0.3) is 5.89 Å². The van der Waals surface area contributed by atoms with E-state index in [1.54, 1.807) is 12.0 Å². The maximum absolute atomic E-state index is 12.9. The molecule has 1 atom stereocenters. The Balaban J connectivity index is 1.79. The minimum Gasteiger partial charge on any atom is -0.383 e. The van der Waals surface area contributed by atoms with Gasteiger partial charge in [-0.05, 0) is 37.5 Å². The number of rotatable bonds is 7. The van der Waals surface area contributed by atoms with E-state index in [1.165, 1.54) is 5.56 Å². The highest BCUT2D eigenvalue weighted by Crippen LogP contribution is 2.37. The third-order valence-corrected chi connectivity index (χ3v) is 5.77. The first-order chi connectivity index (χ1) is 15.5. The van der Waals surface area contributed by atoms with E-state index in [2.05, 4.69) is 29.5 Å². The number of ether oxygens (including phenoxy) is 1. The lowest BCUT2D eigenvalue weighted by Gasteiger charge is -2.35. The first-order valence-electron chi connectivity index (χ1n) is 10.8. The Hall–Kier alpha value is -3.45. The fourth-order valence-electron chi connectivity index (χ4n) is 3.94. The number of hydrogen-bond acceptors (Lipinski definition) is 5. The summed E-state index contributed by atoms with van der Waals surface area (Å²) in [4.78, 5) is 19.3. The molecule has 0 aliphatic carbocycles. The van der Waals surface area contributed by atoms with Gasteiger partial charge in [-0.15, -0.1) is 0 Å². The van der Waals surface area contributed by atoms with Crippen molar-refractivity contribution in [3.63, 3.8) is 0 Å². The number of aryl methyl sites for hydroxylation is 2. The molecule has 0 saturated carbocycles. The number of methoxy groups -OCH3 is 1. The van der Waals surface area contributed by atoms with Crippen molar-refractivity contribution in [2.75, 3.05) is 20.3 Å². The molecule has 1 aliphatic heterocycles. The number of nitrogens with zero attached hydrogens (tertiary/aromatic N) is 3. The molecule has 1 N–H and O–H groups in total. The lowest BCUT2D eigenvalue weighted by molar-refractivity contribution is 0.158. The van der Waals surface area contributed by atoms with Crippen molar-refractivity contribution >= 4 is 11.6 Å². The van der Waals surface area contributed by atoms with E-state index in [9.17, 15) is 4.79 Å². The summed E-state index contributed by atoms with van der Waals surface area (Å²) in [6.45, 7) is 6.90. The van der Waals surface area contributed by atoms with Crippen LogP contribution in [0.5, 0.6) is 0 Å². The average molecular weight is 433 g/mol. The number of hydrogen-bond donors (Lipinski definition) is 1. The van der Waals surface area contributed by atoms with Gasteiger partial charge in [0, 0.05) is 18.4 Å². The summed E-state index contributed by atoms with van der Waals surface area (Å²) in [5.41, 5.74) is 5.77. The molecule has 2 aromatic carbocycles. The predicted octanol–water partition coefficient (Wildman–Crippen LogP) is 4.75. The smallest absolute Gasteiger partial charge is 0.322 e. The molecule has 0 saturated heterocycles.